The maximum atomic E-state index is 13.5. The van der Waals surface area contributed by atoms with Crippen LogP contribution in [0, 0.1) is 10.6 Å². The van der Waals surface area contributed by atoms with E-state index in [4.69, 9.17) is 28.9 Å². The second-order valence-corrected chi connectivity index (χ2v) is 7.58. The van der Waals surface area contributed by atoms with Gasteiger partial charge < -0.3 is 4.98 Å². The van der Waals surface area contributed by atoms with Crippen molar-refractivity contribution in [2.24, 2.45) is 0 Å². The first-order valence-electron chi connectivity index (χ1n) is 9.24. The van der Waals surface area contributed by atoms with Gasteiger partial charge in [-0.05, 0) is 72.9 Å². The molecule has 2 heterocycles. The summed E-state index contributed by atoms with van der Waals surface area (Å²) in [6.45, 7) is 0.377. The van der Waals surface area contributed by atoms with Crippen LogP contribution in [0.25, 0.3) is 28.1 Å². The van der Waals surface area contributed by atoms with Crippen LogP contribution in [0.5, 0.6) is 0 Å². The number of aromatic amines is 1. The lowest BCUT2D eigenvalue weighted by Gasteiger charge is -2.07. The Morgan fingerprint density at radius 3 is 2.43 bits per heavy atom. The zero-order valence-electron chi connectivity index (χ0n) is 15.6. The Morgan fingerprint density at radius 1 is 0.967 bits per heavy atom. The minimum atomic E-state index is -0.308. The van der Waals surface area contributed by atoms with E-state index in [-0.39, 0.29) is 5.82 Å². The summed E-state index contributed by atoms with van der Waals surface area (Å²) in [4.78, 5) is 7.92. The standard InChI is InChI=1S/C22H15ClFN5S/c23-15-7-11-17(12-8-15)29-21(14-5-9-16(24)10-6-14)27-28(22(29)30)13-20-25-18-3-1-2-4-19(18)26-20/h1-12H,13H2,(H,25,26). The number of hydrogen-bond acceptors (Lipinski definition) is 3. The van der Waals surface area contributed by atoms with Gasteiger partial charge in [-0.2, -0.15) is 5.10 Å². The molecule has 30 heavy (non-hydrogen) atoms. The molecule has 0 aliphatic heterocycles. The second kappa shape index (κ2) is 7.51. The Bertz CT molecular complexity index is 1370. The highest BCUT2D eigenvalue weighted by atomic mass is 35.5. The van der Waals surface area contributed by atoms with Gasteiger partial charge in [-0.3, -0.25) is 4.57 Å². The third-order valence-electron chi connectivity index (χ3n) is 4.76. The number of nitrogens with one attached hydrogen (secondary N) is 1. The van der Waals surface area contributed by atoms with Crippen LogP contribution >= 0.6 is 23.8 Å². The molecule has 0 fully saturated rings. The van der Waals surface area contributed by atoms with Gasteiger partial charge in [0.2, 0.25) is 4.77 Å². The molecule has 0 bridgehead atoms. The van der Waals surface area contributed by atoms with Crippen molar-refractivity contribution in [1.29, 1.82) is 0 Å². The Kier molecular flexibility index (Phi) is 4.69. The van der Waals surface area contributed by atoms with Crippen LogP contribution in [0.4, 0.5) is 4.39 Å². The maximum Gasteiger partial charge on any atom is 0.203 e. The van der Waals surface area contributed by atoms with Crippen molar-refractivity contribution in [2.75, 3.05) is 0 Å². The molecule has 5 nitrogen and oxygen atoms in total. The van der Waals surface area contributed by atoms with Crippen molar-refractivity contribution in [3.8, 4) is 17.1 Å². The van der Waals surface area contributed by atoms with E-state index < -0.39 is 0 Å². The van der Waals surface area contributed by atoms with E-state index in [0.29, 0.717) is 22.2 Å². The number of halogens is 2. The molecule has 0 aliphatic rings. The lowest BCUT2D eigenvalue weighted by Crippen LogP contribution is -2.04. The van der Waals surface area contributed by atoms with E-state index in [1.54, 1.807) is 28.9 Å². The molecule has 0 aliphatic carbocycles. The van der Waals surface area contributed by atoms with Crippen LogP contribution in [0.3, 0.4) is 0 Å². The highest BCUT2D eigenvalue weighted by Crippen LogP contribution is 2.24. The van der Waals surface area contributed by atoms with Gasteiger partial charge in [0.1, 0.15) is 18.2 Å². The molecule has 0 saturated carbocycles. The fourth-order valence-corrected chi connectivity index (χ4v) is 3.77. The third kappa shape index (κ3) is 3.42. The van der Waals surface area contributed by atoms with Crippen LogP contribution in [0.1, 0.15) is 5.82 Å². The topological polar surface area (TPSA) is 51.4 Å². The summed E-state index contributed by atoms with van der Waals surface area (Å²) < 4.78 is 17.5. The first-order chi connectivity index (χ1) is 14.6. The number of imidazole rings is 1. The molecule has 148 valence electrons. The molecule has 3 aromatic carbocycles. The van der Waals surface area contributed by atoms with E-state index in [9.17, 15) is 4.39 Å². The molecule has 0 saturated heterocycles. The number of aromatic nitrogens is 5. The number of benzene rings is 3. The molecule has 0 radical (unpaired) electrons. The van der Waals surface area contributed by atoms with Crippen LogP contribution < -0.4 is 0 Å². The van der Waals surface area contributed by atoms with Crippen molar-refractivity contribution in [3.05, 3.63) is 94.2 Å². The van der Waals surface area contributed by atoms with Crippen molar-refractivity contribution in [1.82, 2.24) is 24.3 Å². The number of hydrogen-bond donors (Lipinski definition) is 1. The molecule has 0 amide bonds. The molecule has 8 heteroatoms. The van der Waals surface area contributed by atoms with Crippen molar-refractivity contribution >= 4 is 34.9 Å². The highest BCUT2D eigenvalue weighted by molar-refractivity contribution is 7.71. The zero-order valence-corrected chi connectivity index (χ0v) is 17.2. The van der Waals surface area contributed by atoms with Gasteiger partial charge in [-0.25, -0.2) is 14.1 Å². The Labute approximate surface area is 181 Å². The van der Waals surface area contributed by atoms with Gasteiger partial charge in [0.25, 0.3) is 0 Å². The minimum absolute atomic E-state index is 0.308. The van der Waals surface area contributed by atoms with Gasteiger partial charge in [0, 0.05) is 10.6 Å². The van der Waals surface area contributed by atoms with Crippen molar-refractivity contribution in [2.45, 2.75) is 6.54 Å². The zero-order chi connectivity index (χ0) is 20.7. The molecule has 0 atom stereocenters. The largest absolute Gasteiger partial charge is 0.340 e. The Hall–Kier alpha value is -3.29. The van der Waals surface area contributed by atoms with E-state index in [2.05, 4.69) is 9.97 Å². The molecule has 1 N–H and O–H groups in total. The normalized spacial score (nSPS) is 11.3. The third-order valence-corrected chi connectivity index (χ3v) is 5.41. The van der Waals surface area contributed by atoms with Crippen LogP contribution in [-0.4, -0.2) is 24.3 Å². The average molecular weight is 436 g/mol. The quantitative estimate of drug-likeness (QED) is 0.363. The Morgan fingerprint density at radius 2 is 1.70 bits per heavy atom. The number of fused-ring (bicyclic) bond motifs is 1. The predicted molar refractivity (Wildman–Crippen MR) is 118 cm³/mol. The number of nitrogens with zero attached hydrogens (tertiary/aromatic N) is 4. The van der Waals surface area contributed by atoms with E-state index in [1.165, 1.54) is 12.1 Å². The molecular weight excluding hydrogens is 421 g/mol. The van der Waals surface area contributed by atoms with Crippen LogP contribution in [0.2, 0.25) is 5.02 Å². The Balaban J connectivity index is 1.64. The smallest absolute Gasteiger partial charge is 0.203 e. The first kappa shape index (κ1) is 18.7. The summed E-state index contributed by atoms with van der Waals surface area (Å²) in [6.07, 6.45) is 0. The highest BCUT2D eigenvalue weighted by Gasteiger charge is 2.16. The molecule has 5 aromatic rings. The summed E-state index contributed by atoms with van der Waals surface area (Å²) in [6, 6.07) is 21.3. The summed E-state index contributed by atoms with van der Waals surface area (Å²) >= 11 is 11.8. The fraction of sp³-hybridized carbons (Fsp3) is 0.0455. The second-order valence-electron chi connectivity index (χ2n) is 6.78. The summed E-state index contributed by atoms with van der Waals surface area (Å²) in [7, 11) is 0. The lowest BCUT2D eigenvalue weighted by atomic mass is 10.2. The van der Waals surface area contributed by atoms with Gasteiger partial charge in [0.15, 0.2) is 5.82 Å². The molecule has 0 unspecified atom stereocenters. The van der Waals surface area contributed by atoms with Crippen molar-refractivity contribution in [3.63, 3.8) is 0 Å². The molecule has 2 aromatic heterocycles. The van der Waals surface area contributed by atoms with E-state index in [0.717, 1.165) is 28.1 Å². The SMILES string of the molecule is Fc1ccc(-c2nn(Cc3nc4ccccc4[nH]3)c(=S)n2-c2ccc(Cl)cc2)cc1. The maximum absolute atomic E-state index is 13.5. The van der Waals surface area contributed by atoms with Gasteiger partial charge >= 0.3 is 0 Å². The molecular formula is C22H15ClFN5S. The van der Waals surface area contributed by atoms with E-state index in [1.807, 2.05) is 41.0 Å². The molecule has 0 spiro atoms. The van der Waals surface area contributed by atoms with Crippen LogP contribution in [-0.2, 0) is 6.54 Å². The van der Waals surface area contributed by atoms with Gasteiger partial charge in [-0.15, -0.1) is 0 Å². The van der Waals surface area contributed by atoms with E-state index >= 15 is 0 Å². The average Bonchev–Trinajstić information content (AvgIpc) is 3.30. The minimum Gasteiger partial charge on any atom is -0.340 e. The lowest BCUT2D eigenvalue weighted by molar-refractivity contribution is 0.628. The monoisotopic (exact) mass is 435 g/mol. The number of rotatable bonds is 4. The molecule has 5 rings (SSSR count). The van der Waals surface area contributed by atoms with Gasteiger partial charge in [-0.1, -0.05) is 23.7 Å². The van der Waals surface area contributed by atoms with Crippen molar-refractivity contribution < 1.29 is 4.39 Å². The van der Waals surface area contributed by atoms with Crippen LogP contribution in [0.15, 0.2) is 72.8 Å². The summed E-state index contributed by atoms with van der Waals surface area (Å²) in [5.74, 6) is 1.05. The first-order valence-corrected chi connectivity index (χ1v) is 10.0. The summed E-state index contributed by atoms with van der Waals surface area (Å²) in [5.41, 5.74) is 3.41. The number of H-pyrrole nitrogens is 1. The fourth-order valence-electron chi connectivity index (χ4n) is 3.34. The van der Waals surface area contributed by atoms with Gasteiger partial charge in [0.05, 0.1) is 16.7 Å². The predicted octanol–water partition coefficient (Wildman–Crippen LogP) is 5.79. The number of para-hydroxylation sites is 2. The summed E-state index contributed by atoms with van der Waals surface area (Å²) in [5, 5.41) is 5.36.